The van der Waals surface area contributed by atoms with E-state index < -0.39 is 15.4 Å². The van der Waals surface area contributed by atoms with Crippen LogP contribution in [0.4, 0.5) is 0 Å². The zero-order chi connectivity index (χ0) is 11.7. The van der Waals surface area contributed by atoms with Crippen LogP contribution in [0.25, 0.3) is 0 Å². The lowest BCUT2D eigenvalue weighted by atomic mass is 10.1. The lowest BCUT2D eigenvalue weighted by molar-refractivity contribution is 0.544. The zero-order valence-electron chi connectivity index (χ0n) is 9.32. The van der Waals surface area contributed by atoms with Gasteiger partial charge in [-0.05, 0) is 38.5 Å². The third kappa shape index (κ3) is 3.64. The van der Waals surface area contributed by atoms with Crippen molar-refractivity contribution in [3.05, 3.63) is 29.8 Å². The topological polar surface area (TPSA) is 60.2 Å². The van der Waals surface area contributed by atoms with E-state index in [4.69, 9.17) is 5.73 Å². The molecular weight excluding hydrogens is 210 g/mol. The first-order chi connectivity index (χ1) is 6.71. The van der Waals surface area contributed by atoms with Crippen molar-refractivity contribution in [2.45, 2.75) is 31.2 Å². The van der Waals surface area contributed by atoms with Gasteiger partial charge in [0.2, 0.25) is 0 Å². The highest BCUT2D eigenvalue weighted by atomic mass is 32.2. The predicted molar refractivity (Wildman–Crippen MR) is 61.5 cm³/mol. The molecule has 0 aliphatic heterocycles. The molecule has 84 valence electrons. The SMILES string of the molecule is Cc1cccc(S(=O)(=O)CC(C)(C)N)c1. The van der Waals surface area contributed by atoms with Crippen molar-refractivity contribution in [3.8, 4) is 0 Å². The summed E-state index contributed by atoms with van der Waals surface area (Å²) in [7, 11) is -3.27. The summed E-state index contributed by atoms with van der Waals surface area (Å²) in [6.07, 6.45) is 0. The van der Waals surface area contributed by atoms with Crippen LogP contribution in [0.2, 0.25) is 0 Å². The number of hydrogen-bond donors (Lipinski definition) is 1. The second kappa shape index (κ2) is 3.94. The van der Waals surface area contributed by atoms with Crippen LogP contribution < -0.4 is 5.73 Å². The fraction of sp³-hybridized carbons (Fsp3) is 0.455. The van der Waals surface area contributed by atoms with Crippen molar-refractivity contribution in [2.24, 2.45) is 5.73 Å². The second-order valence-corrected chi connectivity index (χ2v) is 6.55. The van der Waals surface area contributed by atoms with Crippen molar-refractivity contribution in [2.75, 3.05) is 5.75 Å². The van der Waals surface area contributed by atoms with Crippen LogP contribution in [0.3, 0.4) is 0 Å². The van der Waals surface area contributed by atoms with Crippen LogP contribution in [0.1, 0.15) is 19.4 Å². The number of benzene rings is 1. The molecule has 2 N–H and O–H groups in total. The summed E-state index contributed by atoms with van der Waals surface area (Å²) in [6, 6.07) is 6.88. The molecule has 1 aromatic carbocycles. The molecule has 0 aromatic heterocycles. The average molecular weight is 227 g/mol. The Morgan fingerprint density at radius 1 is 1.33 bits per heavy atom. The first-order valence-corrected chi connectivity index (χ1v) is 6.44. The molecule has 1 aromatic rings. The summed E-state index contributed by atoms with van der Waals surface area (Å²) in [4.78, 5) is 0.348. The van der Waals surface area contributed by atoms with Crippen LogP contribution in [-0.2, 0) is 9.84 Å². The fourth-order valence-electron chi connectivity index (χ4n) is 1.38. The van der Waals surface area contributed by atoms with Gasteiger partial charge >= 0.3 is 0 Å². The van der Waals surface area contributed by atoms with Gasteiger partial charge in [-0.2, -0.15) is 0 Å². The minimum atomic E-state index is -3.27. The Labute approximate surface area is 91.2 Å². The quantitative estimate of drug-likeness (QED) is 0.851. The summed E-state index contributed by atoms with van der Waals surface area (Å²) in [5.74, 6) is -0.0382. The summed E-state index contributed by atoms with van der Waals surface area (Å²) < 4.78 is 23.8. The van der Waals surface area contributed by atoms with Gasteiger partial charge in [0.1, 0.15) is 0 Å². The first-order valence-electron chi connectivity index (χ1n) is 4.79. The molecule has 0 atom stereocenters. The highest BCUT2D eigenvalue weighted by Gasteiger charge is 2.23. The Balaban J connectivity index is 3.07. The lowest BCUT2D eigenvalue weighted by Crippen LogP contribution is -2.39. The molecule has 4 heteroatoms. The van der Waals surface area contributed by atoms with Gasteiger partial charge in [0.25, 0.3) is 0 Å². The van der Waals surface area contributed by atoms with Crippen molar-refractivity contribution < 1.29 is 8.42 Å². The summed E-state index contributed by atoms with van der Waals surface area (Å²) >= 11 is 0. The summed E-state index contributed by atoms with van der Waals surface area (Å²) in [5.41, 5.74) is 5.95. The molecule has 15 heavy (non-hydrogen) atoms. The van der Waals surface area contributed by atoms with Gasteiger partial charge in [-0.3, -0.25) is 0 Å². The molecule has 0 aliphatic rings. The van der Waals surface area contributed by atoms with E-state index in [-0.39, 0.29) is 5.75 Å². The second-order valence-electron chi connectivity index (χ2n) is 4.56. The molecule has 0 saturated carbocycles. The Morgan fingerprint density at radius 3 is 2.40 bits per heavy atom. The van der Waals surface area contributed by atoms with Crippen molar-refractivity contribution in [1.29, 1.82) is 0 Å². The van der Waals surface area contributed by atoms with E-state index in [2.05, 4.69) is 0 Å². The van der Waals surface area contributed by atoms with Crippen LogP contribution in [-0.4, -0.2) is 19.7 Å². The van der Waals surface area contributed by atoms with Crippen molar-refractivity contribution in [3.63, 3.8) is 0 Å². The van der Waals surface area contributed by atoms with Gasteiger partial charge in [0.15, 0.2) is 9.84 Å². The minimum absolute atomic E-state index is 0.0382. The van der Waals surface area contributed by atoms with Crippen LogP contribution in [0, 0.1) is 6.92 Å². The normalized spacial score (nSPS) is 12.8. The van der Waals surface area contributed by atoms with E-state index in [0.717, 1.165) is 5.56 Å². The molecule has 0 amide bonds. The smallest absolute Gasteiger partial charge is 0.180 e. The maximum atomic E-state index is 11.9. The molecule has 0 fully saturated rings. The van der Waals surface area contributed by atoms with E-state index in [0.29, 0.717) is 4.90 Å². The van der Waals surface area contributed by atoms with Crippen LogP contribution in [0.5, 0.6) is 0 Å². The molecule has 0 unspecified atom stereocenters. The minimum Gasteiger partial charge on any atom is -0.325 e. The van der Waals surface area contributed by atoms with Gasteiger partial charge in [-0.1, -0.05) is 12.1 Å². The van der Waals surface area contributed by atoms with E-state index in [1.54, 1.807) is 32.0 Å². The molecule has 0 spiro atoms. The van der Waals surface area contributed by atoms with E-state index in [1.165, 1.54) is 0 Å². The van der Waals surface area contributed by atoms with Gasteiger partial charge < -0.3 is 5.73 Å². The predicted octanol–water partition coefficient (Wildman–Crippen LogP) is 1.51. The van der Waals surface area contributed by atoms with Gasteiger partial charge in [0.05, 0.1) is 10.6 Å². The monoisotopic (exact) mass is 227 g/mol. The average Bonchev–Trinajstić information content (AvgIpc) is 1.99. The molecule has 0 saturated heterocycles. The highest BCUT2D eigenvalue weighted by Crippen LogP contribution is 2.16. The third-order valence-electron chi connectivity index (χ3n) is 1.91. The maximum Gasteiger partial charge on any atom is 0.180 e. The van der Waals surface area contributed by atoms with Gasteiger partial charge in [0, 0.05) is 5.54 Å². The molecule has 0 radical (unpaired) electrons. The number of rotatable bonds is 3. The van der Waals surface area contributed by atoms with Crippen LogP contribution in [0.15, 0.2) is 29.2 Å². The zero-order valence-corrected chi connectivity index (χ0v) is 10.1. The molecule has 0 heterocycles. The third-order valence-corrected chi connectivity index (χ3v) is 4.01. The number of nitrogens with two attached hydrogens (primary N) is 1. The summed E-state index contributed by atoms with van der Waals surface area (Å²) in [6.45, 7) is 5.29. The van der Waals surface area contributed by atoms with Crippen LogP contribution >= 0.6 is 0 Å². The lowest BCUT2D eigenvalue weighted by Gasteiger charge is -2.18. The summed E-state index contributed by atoms with van der Waals surface area (Å²) in [5, 5.41) is 0. The molecule has 3 nitrogen and oxygen atoms in total. The van der Waals surface area contributed by atoms with E-state index in [1.807, 2.05) is 13.0 Å². The van der Waals surface area contributed by atoms with Gasteiger partial charge in [-0.15, -0.1) is 0 Å². The Bertz CT molecular complexity index is 444. The molecule has 0 bridgehead atoms. The maximum absolute atomic E-state index is 11.9. The van der Waals surface area contributed by atoms with Crippen molar-refractivity contribution >= 4 is 9.84 Å². The fourth-order valence-corrected chi connectivity index (χ4v) is 3.18. The molecule has 0 aliphatic carbocycles. The Hall–Kier alpha value is -0.870. The Kier molecular flexibility index (Phi) is 3.21. The molecule has 1 rings (SSSR count). The largest absolute Gasteiger partial charge is 0.325 e. The Morgan fingerprint density at radius 2 is 1.93 bits per heavy atom. The number of aryl methyl sites for hydroxylation is 1. The standard InChI is InChI=1S/C11H17NO2S/c1-9-5-4-6-10(7-9)15(13,14)8-11(2,3)12/h4-7H,8,12H2,1-3H3. The highest BCUT2D eigenvalue weighted by molar-refractivity contribution is 7.91. The molecular formula is C11H17NO2S. The van der Waals surface area contributed by atoms with Gasteiger partial charge in [-0.25, -0.2) is 8.42 Å². The van der Waals surface area contributed by atoms with Crippen molar-refractivity contribution in [1.82, 2.24) is 0 Å². The first kappa shape index (κ1) is 12.2. The number of hydrogen-bond acceptors (Lipinski definition) is 3. The number of sulfone groups is 1. The van der Waals surface area contributed by atoms with E-state index in [9.17, 15) is 8.42 Å². The van der Waals surface area contributed by atoms with E-state index >= 15 is 0 Å².